The second-order valence-corrected chi connectivity index (χ2v) is 9.87. The first-order valence-corrected chi connectivity index (χ1v) is 12.2. The number of benzene rings is 1. The van der Waals surface area contributed by atoms with Crippen LogP contribution in [-0.2, 0) is 6.54 Å². The van der Waals surface area contributed by atoms with Crippen molar-refractivity contribution in [3.05, 3.63) is 58.0 Å². The van der Waals surface area contributed by atoms with E-state index < -0.39 is 0 Å². The van der Waals surface area contributed by atoms with Gasteiger partial charge in [0, 0.05) is 41.5 Å². The third kappa shape index (κ3) is 4.39. The highest BCUT2D eigenvalue weighted by Crippen LogP contribution is 2.39. The maximum Gasteiger partial charge on any atom is 0.273 e. The zero-order chi connectivity index (χ0) is 22.1. The van der Waals surface area contributed by atoms with Gasteiger partial charge in [0.1, 0.15) is 5.69 Å². The van der Waals surface area contributed by atoms with E-state index in [0.717, 1.165) is 48.3 Å². The quantitative estimate of drug-likeness (QED) is 0.536. The van der Waals surface area contributed by atoms with Gasteiger partial charge < -0.3 is 19.4 Å². The summed E-state index contributed by atoms with van der Waals surface area (Å²) >= 11 is 1.43. The molecule has 3 heterocycles. The lowest BCUT2D eigenvalue weighted by Gasteiger charge is -2.30. The molecule has 0 unspecified atom stereocenters. The molecule has 2 aromatic heterocycles. The average molecular weight is 452 g/mol. The third-order valence-corrected chi connectivity index (χ3v) is 6.95. The van der Waals surface area contributed by atoms with Crippen molar-refractivity contribution in [2.75, 3.05) is 12.1 Å². The summed E-state index contributed by atoms with van der Waals surface area (Å²) in [5, 5.41) is 5.61. The van der Waals surface area contributed by atoms with Crippen LogP contribution in [0.4, 0.5) is 5.69 Å². The van der Waals surface area contributed by atoms with Gasteiger partial charge in [-0.25, -0.2) is 4.37 Å². The Morgan fingerprint density at radius 1 is 1.12 bits per heavy atom. The zero-order valence-corrected chi connectivity index (χ0v) is 19.4. The van der Waals surface area contributed by atoms with Crippen LogP contribution in [0.15, 0.2) is 46.8 Å². The molecule has 1 fully saturated rings. The fourth-order valence-corrected chi connectivity index (χ4v) is 5.28. The number of anilines is 1. The Labute approximate surface area is 192 Å². The van der Waals surface area contributed by atoms with Crippen LogP contribution in [-0.4, -0.2) is 21.8 Å². The fraction of sp³-hybridized carbons (Fsp3) is 0.440. The van der Waals surface area contributed by atoms with Crippen LogP contribution in [0.5, 0.6) is 11.5 Å². The molecular weight excluding hydrogens is 422 g/mol. The van der Waals surface area contributed by atoms with Crippen LogP contribution in [0.2, 0.25) is 0 Å². The molecular formula is C25H29N3O3S. The van der Waals surface area contributed by atoms with Crippen LogP contribution in [0.25, 0.3) is 11.1 Å². The molecule has 3 aromatic rings. The molecule has 0 radical (unpaired) electrons. The number of aromatic nitrogens is 2. The van der Waals surface area contributed by atoms with Gasteiger partial charge in [-0.2, -0.15) is 0 Å². The van der Waals surface area contributed by atoms with Gasteiger partial charge in [0.2, 0.25) is 6.79 Å². The number of hydrogen-bond donors (Lipinski definition) is 1. The topological polar surface area (TPSA) is 65.4 Å². The molecule has 1 N–H and O–H groups in total. The molecule has 0 spiro atoms. The lowest BCUT2D eigenvalue weighted by atomic mass is 9.81. The maximum absolute atomic E-state index is 13.2. The van der Waals surface area contributed by atoms with Crippen molar-refractivity contribution in [1.29, 1.82) is 0 Å². The summed E-state index contributed by atoms with van der Waals surface area (Å²) in [4.78, 5) is 13.2. The number of fused-ring (bicyclic) bond motifs is 1. The average Bonchev–Trinajstić information content (AvgIpc) is 3.48. The van der Waals surface area contributed by atoms with Crippen molar-refractivity contribution in [1.82, 2.24) is 8.94 Å². The summed E-state index contributed by atoms with van der Waals surface area (Å²) < 4.78 is 17.1. The van der Waals surface area contributed by atoms with Crippen molar-refractivity contribution >= 4 is 17.2 Å². The molecule has 0 bridgehead atoms. The largest absolute Gasteiger partial charge is 0.454 e. The lowest BCUT2D eigenvalue weighted by Crippen LogP contribution is -2.31. The SMILES string of the molecule is CC(C)Cn1cc(-c2cnsc2)cc(NC2CCC(c3ccc4c(c3)OCO4)CC2)c1=O. The first-order valence-electron chi connectivity index (χ1n) is 11.4. The van der Waals surface area contributed by atoms with Crippen LogP contribution in [0.1, 0.15) is 51.0 Å². The van der Waals surface area contributed by atoms with E-state index in [1.165, 1.54) is 17.1 Å². The first kappa shape index (κ1) is 21.1. The van der Waals surface area contributed by atoms with Gasteiger partial charge in [-0.1, -0.05) is 19.9 Å². The van der Waals surface area contributed by atoms with Gasteiger partial charge in [-0.3, -0.25) is 4.79 Å². The minimum Gasteiger partial charge on any atom is -0.454 e. The Balaban J connectivity index is 1.31. The van der Waals surface area contributed by atoms with E-state index in [2.05, 4.69) is 35.7 Å². The second-order valence-electron chi connectivity index (χ2n) is 9.21. The van der Waals surface area contributed by atoms with Crippen LogP contribution in [0, 0.1) is 5.92 Å². The highest BCUT2D eigenvalue weighted by Gasteiger charge is 2.25. The van der Waals surface area contributed by atoms with Gasteiger partial charge in [0.25, 0.3) is 5.56 Å². The van der Waals surface area contributed by atoms with Crippen LogP contribution < -0.4 is 20.3 Å². The minimum absolute atomic E-state index is 0.0588. The highest BCUT2D eigenvalue weighted by molar-refractivity contribution is 7.03. The van der Waals surface area contributed by atoms with Gasteiger partial charge in [-0.05, 0) is 72.8 Å². The molecule has 0 amide bonds. The normalized spacial score (nSPS) is 20.0. The Morgan fingerprint density at radius 3 is 2.69 bits per heavy atom. The number of pyridine rings is 1. The summed E-state index contributed by atoms with van der Waals surface area (Å²) in [7, 11) is 0. The van der Waals surface area contributed by atoms with E-state index >= 15 is 0 Å². The van der Waals surface area contributed by atoms with E-state index in [1.54, 1.807) is 0 Å². The molecule has 7 heteroatoms. The van der Waals surface area contributed by atoms with E-state index in [9.17, 15) is 4.79 Å². The van der Waals surface area contributed by atoms with Gasteiger partial charge >= 0.3 is 0 Å². The minimum atomic E-state index is 0.0588. The molecule has 168 valence electrons. The number of nitrogens with zero attached hydrogens (tertiary/aromatic N) is 2. The Hall–Kier alpha value is -2.80. The van der Waals surface area contributed by atoms with Crippen LogP contribution >= 0.6 is 11.5 Å². The monoisotopic (exact) mass is 451 g/mol. The summed E-state index contributed by atoms with van der Waals surface area (Å²) in [6.45, 7) is 5.28. The van der Waals surface area contributed by atoms with E-state index in [-0.39, 0.29) is 5.56 Å². The van der Waals surface area contributed by atoms with Crippen molar-refractivity contribution < 1.29 is 9.47 Å². The van der Waals surface area contributed by atoms with E-state index in [0.29, 0.717) is 36.9 Å². The van der Waals surface area contributed by atoms with Crippen LogP contribution in [0.3, 0.4) is 0 Å². The van der Waals surface area contributed by atoms with Crippen molar-refractivity contribution in [2.45, 2.75) is 58.0 Å². The van der Waals surface area contributed by atoms with Gasteiger partial charge in [0.15, 0.2) is 11.5 Å². The predicted octanol–water partition coefficient (Wildman–Crippen LogP) is 5.49. The molecule has 1 aliphatic carbocycles. The van der Waals surface area contributed by atoms with Crippen molar-refractivity contribution in [3.63, 3.8) is 0 Å². The third-order valence-electron chi connectivity index (χ3n) is 6.37. The zero-order valence-electron chi connectivity index (χ0n) is 18.5. The predicted molar refractivity (Wildman–Crippen MR) is 128 cm³/mol. The smallest absolute Gasteiger partial charge is 0.273 e. The second kappa shape index (κ2) is 8.98. The van der Waals surface area contributed by atoms with E-state index in [4.69, 9.17) is 9.47 Å². The number of hydrogen-bond acceptors (Lipinski definition) is 6. The maximum atomic E-state index is 13.2. The molecule has 5 rings (SSSR count). The molecule has 0 saturated heterocycles. The number of ether oxygens (including phenoxy) is 2. The summed E-state index contributed by atoms with van der Waals surface area (Å²) in [5.41, 5.74) is 4.17. The number of nitrogens with one attached hydrogen (secondary N) is 1. The molecule has 1 aromatic carbocycles. The standard InChI is InChI=1S/C25H29N3O3S/c1-16(2)12-28-13-19(20-11-26-32-14-20)9-22(25(28)29)27-21-6-3-17(4-7-21)18-5-8-23-24(10-18)31-15-30-23/h5,8-11,13-14,16-17,21,27H,3-4,6-7,12,15H2,1-2H3. The number of rotatable bonds is 6. The summed E-state index contributed by atoms with van der Waals surface area (Å²) in [6.07, 6.45) is 8.08. The Kier molecular flexibility index (Phi) is 5.91. The summed E-state index contributed by atoms with van der Waals surface area (Å²) in [5.74, 6) is 2.60. The Morgan fingerprint density at radius 2 is 1.94 bits per heavy atom. The molecule has 1 saturated carbocycles. The molecule has 32 heavy (non-hydrogen) atoms. The Bertz CT molecular complexity index is 1130. The lowest BCUT2D eigenvalue weighted by molar-refractivity contribution is 0.174. The fourth-order valence-electron chi connectivity index (χ4n) is 4.73. The molecule has 0 atom stereocenters. The first-order chi connectivity index (χ1) is 15.6. The molecule has 1 aliphatic heterocycles. The molecule has 2 aliphatic rings. The summed E-state index contributed by atoms with van der Waals surface area (Å²) in [6, 6.07) is 8.60. The van der Waals surface area contributed by atoms with E-state index in [1.807, 2.05) is 34.5 Å². The van der Waals surface area contributed by atoms with Crippen molar-refractivity contribution in [2.24, 2.45) is 5.92 Å². The molecule has 6 nitrogen and oxygen atoms in total. The van der Waals surface area contributed by atoms with Gasteiger partial charge in [0.05, 0.1) is 0 Å². The highest BCUT2D eigenvalue weighted by atomic mass is 32.1. The van der Waals surface area contributed by atoms with Crippen molar-refractivity contribution in [3.8, 4) is 22.6 Å². The van der Waals surface area contributed by atoms with Gasteiger partial charge in [-0.15, -0.1) is 0 Å².